The Morgan fingerprint density at radius 2 is 1.75 bits per heavy atom. The number of hydrogen-bond donors (Lipinski definition) is 0. The molecule has 0 aliphatic carbocycles. The highest BCUT2D eigenvalue weighted by Gasteiger charge is 2.13. The molecule has 0 N–H and O–H groups in total. The summed E-state index contributed by atoms with van der Waals surface area (Å²) in [4.78, 5) is 37.4. The lowest BCUT2D eigenvalue weighted by molar-refractivity contribution is -0.385. The Bertz CT molecular complexity index is 1200. The Hall–Kier alpha value is -3.84. The van der Waals surface area contributed by atoms with Crippen molar-refractivity contribution in [3.05, 3.63) is 73.1 Å². The van der Waals surface area contributed by atoms with Gasteiger partial charge in [0, 0.05) is 24.3 Å². The van der Waals surface area contributed by atoms with Crippen LogP contribution in [0.5, 0.6) is 0 Å². The summed E-state index contributed by atoms with van der Waals surface area (Å²) in [6.45, 7) is 0.154. The van der Waals surface area contributed by atoms with Gasteiger partial charge in [-0.1, -0.05) is 29.4 Å². The molecule has 3 aromatic rings. The second kappa shape index (κ2) is 7.81. The van der Waals surface area contributed by atoms with Crippen LogP contribution in [-0.2, 0) is 17.8 Å². The highest BCUT2D eigenvalue weighted by molar-refractivity contribution is 7.16. The third kappa shape index (κ3) is 3.94. The van der Waals surface area contributed by atoms with Crippen LogP contribution in [0.2, 0.25) is 0 Å². The molecular formula is C18H12N4O5S. The van der Waals surface area contributed by atoms with Crippen molar-refractivity contribution in [3.63, 3.8) is 0 Å². The molecule has 0 aliphatic rings. The van der Waals surface area contributed by atoms with Gasteiger partial charge in [0.1, 0.15) is 0 Å². The number of thiazole rings is 1. The van der Waals surface area contributed by atoms with Gasteiger partial charge >= 0.3 is 0 Å². The summed E-state index contributed by atoms with van der Waals surface area (Å²) >= 11 is 1.13. The Labute approximate surface area is 161 Å². The SMILES string of the molecule is C#CCn1c(=NC(=O)Cc2ccc([N+](=O)[O-])cc2)sc2cc([N+](=O)[O-])ccc21. The summed E-state index contributed by atoms with van der Waals surface area (Å²) in [7, 11) is 0. The van der Waals surface area contributed by atoms with E-state index in [1.165, 1.54) is 36.4 Å². The number of amides is 1. The second-order valence-corrected chi connectivity index (χ2v) is 6.70. The molecule has 9 nitrogen and oxygen atoms in total. The van der Waals surface area contributed by atoms with Crippen molar-refractivity contribution in [3.8, 4) is 12.3 Å². The van der Waals surface area contributed by atoms with Crippen molar-refractivity contribution in [1.82, 2.24) is 4.57 Å². The van der Waals surface area contributed by atoms with E-state index in [9.17, 15) is 25.0 Å². The molecule has 0 unspecified atom stereocenters. The molecule has 140 valence electrons. The van der Waals surface area contributed by atoms with Gasteiger partial charge in [-0.25, -0.2) is 0 Å². The summed E-state index contributed by atoms with van der Waals surface area (Å²) in [6.07, 6.45) is 5.36. The van der Waals surface area contributed by atoms with Crippen LogP contribution in [0.15, 0.2) is 47.5 Å². The number of nitrogens with zero attached hydrogens (tertiary/aromatic N) is 4. The van der Waals surface area contributed by atoms with Crippen molar-refractivity contribution >= 4 is 38.8 Å². The minimum atomic E-state index is -0.519. The molecule has 2 aromatic carbocycles. The largest absolute Gasteiger partial charge is 0.305 e. The van der Waals surface area contributed by atoms with Crippen LogP contribution >= 0.6 is 11.3 Å². The van der Waals surface area contributed by atoms with Crippen LogP contribution < -0.4 is 4.80 Å². The monoisotopic (exact) mass is 396 g/mol. The quantitative estimate of drug-likeness (QED) is 0.373. The Kier molecular flexibility index (Phi) is 5.28. The van der Waals surface area contributed by atoms with E-state index in [2.05, 4.69) is 10.9 Å². The van der Waals surface area contributed by atoms with Crippen molar-refractivity contribution < 1.29 is 14.6 Å². The van der Waals surface area contributed by atoms with Gasteiger partial charge in [0.15, 0.2) is 4.80 Å². The molecule has 0 radical (unpaired) electrons. The summed E-state index contributed by atoms with van der Waals surface area (Å²) in [6, 6.07) is 9.97. The minimum absolute atomic E-state index is 0.0392. The number of carbonyl (C=O) groups excluding carboxylic acids is 1. The molecule has 0 bridgehead atoms. The third-order valence-corrected chi connectivity index (χ3v) is 4.89. The predicted octanol–water partition coefficient (Wildman–Crippen LogP) is 2.82. The smallest absolute Gasteiger partial charge is 0.270 e. The van der Waals surface area contributed by atoms with Crippen LogP contribution in [0.1, 0.15) is 5.56 Å². The van der Waals surface area contributed by atoms with Gasteiger partial charge in [0.2, 0.25) is 0 Å². The molecule has 0 saturated carbocycles. The van der Waals surface area contributed by atoms with E-state index in [-0.39, 0.29) is 24.3 Å². The first-order valence-corrected chi connectivity index (χ1v) is 8.73. The lowest BCUT2D eigenvalue weighted by Crippen LogP contribution is -2.17. The first kappa shape index (κ1) is 18.9. The molecule has 28 heavy (non-hydrogen) atoms. The van der Waals surface area contributed by atoms with Gasteiger partial charge < -0.3 is 4.57 Å². The van der Waals surface area contributed by atoms with Crippen molar-refractivity contribution in [2.45, 2.75) is 13.0 Å². The zero-order valence-corrected chi connectivity index (χ0v) is 15.1. The molecule has 0 saturated heterocycles. The Morgan fingerprint density at radius 3 is 2.36 bits per heavy atom. The second-order valence-electron chi connectivity index (χ2n) is 5.69. The minimum Gasteiger partial charge on any atom is -0.305 e. The van der Waals surface area contributed by atoms with Crippen LogP contribution in [0.25, 0.3) is 10.2 Å². The van der Waals surface area contributed by atoms with E-state index in [0.29, 0.717) is 20.6 Å². The maximum absolute atomic E-state index is 12.3. The molecule has 0 spiro atoms. The first-order chi connectivity index (χ1) is 13.4. The molecule has 0 fully saturated rings. The van der Waals surface area contributed by atoms with E-state index in [0.717, 1.165) is 11.3 Å². The highest BCUT2D eigenvalue weighted by atomic mass is 32.1. The lowest BCUT2D eigenvalue weighted by atomic mass is 10.1. The highest BCUT2D eigenvalue weighted by Crippen LogP contribution is 2.23. The number of aromatic nitrogens is 1. The topological polar surface area (TPSA) is 121 Å². The zero-order chi connectivity index (χ0) is 20.3. The maximum atomic E-state index is 12.3. The van der Waals surface area contributed by atoms with Gasteiger partial charge in [-0.15, -0.1) is 6.42 Å². The van der Waals surface area contributed by atoms with Crippen molar-refractivity contribution in [2.75, 3.05) is 0 Å². The van der Waals surface area contributed by atoms with Gasteiger partial charge in [-0.3, -0.25) is 25.0 Å². The number of benzene rings is 2. The lowest BCUT2D eigenvalue weighted by Gasteiger charge is -2.00. The van der Waals surface area contributed by atoms with E-state index >= 15 is 0 Å². The summed E-state index contributed by atoms with van der Waals surface area (Å²) < 4.78 is 2.23. The van der Waals surface area contributed by atoms with Crippen LogP contribution in [0.3, 0.4) is 0 Å². The van der Waals surface area contributed by atoms with Gasteiger partial charge in [0.25, 0.3) is 17.3 Å². The van der Waals surface area contributed by atoms with Gasteiger partial charge in [-0.2, -0.15) is 4.99 Å². The van der Waals surface area contributed by atoms with Crippen LogP contribution in [0.4, 0.5) is 11.4 Å². The van der Waals surface area contributed by atoms with Gasteiger partial charge in [-0.05, 0) is 11.6 Å². The Morgan fingerprint density at radius 1 is 1.11 bits per heavy atom. The fourth-order valence-electron chi connectivity index (χ4n) is 2.56. The number of terminal acetylenes is 1. The van der Waals surface area contributed by atoms with E-state index in [4.69, 9.17) is 6.42 Å². The maximum Gasteiger partial charge on any atom is 0.270 e. The number of hydrogen-bond acceptors (Lipinski definition) is 6. The zero-order valence-electron chi connectivity index (χ0n) is 14.3. The fourth-order valence-corrected chi connectivity index (χ4v) is 3.64. The number of nitro benzene ring substituents is 2. The Balaban J connectivity index is 1.96. The molecule has 1 aromatic heterocycles. The summed E-state index contributed by atoms with van der Waals surface area (Å²) in [5.41, 5.74) is 1.10. The molecule has 0 aliphatic heterocycles. The molecule has 1 amide bonds. The fraction of sp³-hybridized carbons (Fsp3) is 0.111. The normalized spacial score (nSPS) is 11.3. The predicted molar refractivity (Wildman–Crippen MR) is 103 cm³/mol. The van der Waals surface area contributed by atoms with Crippen LogP contribution in [0, 0.1) is 32.6 Å². The average Bonchev–Trinajstić information content (AvgIpc) is 2.98. The van der Waals surface area contributed by atoms with E-state index in [1.807, 2.05) is 0 Å². The number of carbonyl (C=O) groups is 1. The number of nitro groups is 2. The van der Waals surface area contributed by atoms with Crippen LogP contribution in [-0.4, -0.2) is 20.3 Å². The number of rotatable bonds is 5. The average molecular weight is 396 g/mol. The number of fused-ring (bicyclic) bond motifs is 1. The number of non-ortho nitro benzene ring substituents is 2. The van der Waals surface area contributed by atoms with Crippen molar-refractivity contribution in [2.24, 2.45) is 4.99 Å². The molecule has 10 heteroatoms. The molecule has 0 atom stereocenters. The summed E-state index contributed by atoms with van der Waals surface area (Å²) in [5.74, 6) is 2.02. The first-order valence-electron chi connectivity index (χ1n) is 7.91. The molecule has 3 rings (SSSR count). The van der Waals surface area contributed by atoms with E-state index < -0.39 is 15.8 Å². The standard InChI is InChI=1S/C18H12N4O5S/c1-2-9-20-15-8-7-14(22(26)27)11-16(15)28-18(20)19-17(23)10-12-3-5-13(6-4-12)21(24)25/h1,3-8,11H,9-10H2. The summed E-state index contributed by atoms with van der Waals surface area (Å²) in [5, 5.41) is 21.6. The van der Waals surface area contributed by atoms with Gasteiger partial charge in [0.05, 0.1) is 33.0 Å². The third-order valence-electron chi connectivity index (χ3n) is 3.85. The molecule has 1 heterocycles. The van der Waals surface area contributed by atoms with Crippen molar-refractivity contribution in [1.29, 1.82) is 0 Å². The molecular weight excluding hydrogens is 384 g/mol. The van der Waals surface area contributed by atoms with E-state index in [1.54, 1.807) is 10.6 Å².